The van der Waals surface area contributed by atoms with Crippen molar-refractivity contribution in [3.63, 3.8) is 0 Å². The minimum absolute atomic E-state index is 0.270. The van der Waals surface area contributed by atoms with Crippen LogP contribution in [0.5, 0.6) is 0 Å². The number of aromatic nitrogens is 1. The van der Waals surface area contributed by atoms with E-state index in [-0.39, 0.29) is 6.04 Å². The smallest absolute Gasteiger partial charge is 0.0705 e. The van der Waals surface area contributed by atoms with Crippen LogP contribution in [-0.2, 0) is 0 Å². The van der Waals surface area contributed by atoms with Crippen LogP contribution in [0, 0.1) is 6.92 Å². The molecule has 1 saturated carbocycles. The highest BCUT2D eigenvalue weighted by Crippen LogP contribution is 2.40. The van der Waals surface area contributed by atoms with Crippen molar-refractivity contribution in [1.82, 2.24) is 9.88 Å². The van der Waals surface area contributed by atoms with Crippen LogP contribution in [0.3, 0.4) is 0 Å². The van der Waals surface area contributed by atoms with Gasteiger partial charge in [-0.15, -0.1) is 0 Å². The summed E-state index contributed by atoms with van der Waals surface area (Å²) in [6.45, 7) is 3.19. The first-order chi connectivity index (χ1) is 9.72. The van der Waals surface area contributed by atoms with Gasteiger partial charge in [0.15, 0.2) is 0 Å². The van der Waals surface area contributed by atoms with Gasteiger partial charge >= 0.3 is 0 Å². The van der Waals surface area contributed by atoms with Crippen LogP contribution in [-0.4, -0.2) is 28.5 Å². The van der Waals surface area contributed by atoms with Crippen molar-refractivity contribution in [2.45, 2.75) is 44.3 Å². The molecule has 4 rings (SSSR count). The second kappa shape index (κ2) is 4.54. The summed E-state index contributed by atoms with van der Waals surface area (Å²) in [5.41, 5.74) is 9.89. The van der Waals surface area contributed by atoms with Gasteiger partial charge in [0.1, 0.15) is 0 Å². The molecule has 2 unspecified atom stereocenters. The highest BCUT2D eigenvalue weighted by molar-refractivity contribution is 5.79. The van der Waals surface area contributed by atoms with E-state index in [1.165, 1.54) is 23.8 Å². The lowest BCUT2D eigenvalue weighted by molar-refractivity contribution is 0.237. The summed E-state index contributed by atoms with van der Waals surface area (Å²) in [7, 11) is 0. The van der Waals surface area contributed by atoms with Crippen LogP contribution in [0.1, 0.15) is 36.6 Å². The molecule has 2 aliphatic rings. The summed E-state index contributed by atoms with van der Waals surface area (Å²) in [4.78, 5) is 7.20. The number of hydrogen-bond acceptors (Lipinski definition) is 3. The third-order valence-electron chi connectivity index (χ3n) is 4.69. The van der Waals surface area contributed by atoms with Crippen LogP contribution in [0.15, 0.2) is 30.3 Å². The molecule has 1 saturated heterocycles. The molecule has 2 N–H and O–H groups in total. The second-order valence-electron chi connectivity index (χ2n) is 6.27. The molecule has 0 spiro atoms. The van der Waals surface area contributed by atoms with Crippen molar-refractivity contribution in [3.8, 4) is 0 Å². The number of nitrogens with zero attached hydrogens (tertiary/aromatic N) is 2. The van der Waals surface area contributed by atoms with Crippen molar-refractivity contribution in [2.24, 2.45) is 5.73 Å². The molecular weight excluding hydrogens is 246 g/mol. The third kappa shape index (κ3) is 2.02. The third-order valence-corrected chi connectivity index (χ3v) is 4.69. The van der Waals surface area contributed by atoms with Crippen LogP contribution < -0.4 is 5.73 Å². The largest absolute Gasteiger partial charge is 0.326 e. The molecule has 2 atom stereocenters. The maximum Gasteiger partial charge on any atom is 0.0705 e. The Hall–Kier alpha value is -1.45. The van der Waals surface area contributed by atoms with E-state index in [9.17, 15) is 0 Å². The van der Waals surface area contributed by atoms with Gasteiger partial charge in [-0.25, -0.2) is 0 Å². The Bertz CT molecular complexity index is 648. The summed E-state index contributed by atoms with van der Waals surface area (Å²) >= 11 is 0. The first-order valence-electron chi connectivity index (χ1n) is 7.61. The lowest BCUT2D eigenvalue weighted by Crippen LogP contribution is -2.33. The van der Waals surface area contributed by atoms with Crippen molar-refractivity contribution in [1.29, 1.82) is 0 Å². The molecule has 3 nitrogen and oxygen atoms in total. The molecule has 1 aliphatic carbocycles. The van der Waals surface area contributed by atoms with Crippen molar-refractivity contribution < 1.29 is 0 Å². The highest BCUT2D eigenvalue weighted by Gasteiger charge is 2.41. The number of nitrogens with two attached hydrogens (primary N) is 1. The summed E-state index contributed by atoms with van der Waals surface area (Å²) < 4.78 is 0. The van der Waals surface area contributed by atoms with Crippen molar-refractivity contribution in [3.05, 3.63) is 41.6 Å². The molecule has 1 aromatic heterocycles. The summed E-state index contributed by atoms with van der Waals surface area (Å²) in [5.74, 6) is 0. The first-order valence-corrected chi connectivity index (χ1v) is 7.61. The SMILES string of the molecule is Cc1ccc2cc(C3C(N)CCN3C3CC3)ccc2n1. The highest BCUT2D eigenvalue weighted by atomic mass is 15.2. The van der Waals surface area contributed by atoms with Gasteiger partial charge in [0, 0.05) is 29.7 Å². The Kier molecular flexibility index (Phi) is 2.79. The van der Waals surface area contributed by atoms with Gasteiger partial charge in [-0.1, -0.05) is 12.1 Å². The molecule has 0 bridgehead atoms. The van der Waals surface area contributed by atoms with Crippen molar-refractivity contribution >= 4 is 10.9 Å². The zero-order chi connectivity index (χ0) is 13.7. The fourth-order valence-electron chi connectivity index (χ4n) is 3.53. The molecule has 2 aromatic rings. The standard InChI is InChI=1S/C17H21N3/c1-11-2-3-12-10-13(4-7-16(12)19-11)17-15(18)8-9-20(17)14-5-6-14/h2-4,7,10,14-15,17H,5-6,8-9,18H2,1H3. The molecule has 1 aliphatic heterocycles. The zero-order valence-corrected chi connectivity index (χ0v) is 11.9. The predicted octanol–water partition coefficient (Wildman–Crippen LogP) is 2.78. The number of likely N-dealkylation sites (tertiary alicyclic amines) is 1. The molecule has 20 heavy (non-hydrogen) atoms. The molecule has 2 heterocycles. The van der Waals surface area contributed by atoms with E-state index in [0.29, 0.717) is 6.04 Å². The van der Waals surface area contributed by atoms with Gasteiger partial charge in [0.25, 0.3) is 0 Å². The van der Waals surface area contributed by atoms with Gasteiger partial charge in [0.2, 0.25) is 0 Å². The lowest BCUT2D eigenvalue weighted by atomic mass is 9.98. The summed E-state index contributed by atoms with van der Waals surface area (Å²) in [5, 5.41) is 1.22. The van der Waals surface area contributed by atoms with Gasteiger partial charge in [0.05, 0.1) is 11.6 Å². The Labute approximate surface area is 119 Å². The Morgan fingerprint density at radius 2 is 2.00 bits per heavy atom. The number of hydrogen-bond donors (Lipinski definition) is 1. The van der Waals surface area contributed by atoms with E-state index in [1.807, 2.05) is 6.92 Å². The van der Waals surface area contributed by atoms with Gasteiger partial charge < -0.3 is 5.73 Å². The maximum absolute atomic E-state index is 6.38. The zero-order valence-electron chi connectivity index (χ0n) is 11.9. The quantitative estimate of drug-likeness (QED) is 0.909. The minimum atomic E-state index is 0.270. The Morgan fingerprint density at radius 3 is 2.80 bits per heavy atom. The number of aryl methyl sites for hydroxylation is 1. The summed E-state index contributed by atoms with van der Waals surface area (Å²) in [6, 6.07) is 12.4. The van der Waals surface area contributed by atoms with Gasteiger partial charge in [-0.2, -0.15) is 0 Å². The van der Waals surface area contributed by atoms with E-state index >= 15 is 0 Å². The topological polar surface area (TPSA) is 42.1 Å². The van der Waals surface area contributed by atoms with Crippen LogP contribution in [0.4, 0.5) is 0 Å². The van der Waals surface area contributed by atoms with E-state index < -0.39 is 0 Å². The van der Waals surface area contributed by atoms with E-state index in [0.717, 1.165) is 30.2 Å². The first kappa shape index (κ1) is 12.3. The van der Waals surface area contributed by atoms with E-state index in [2.05, 4.69) is 40.2 Å². The lowest BCUT2D eigenvalue weighted by Gasteiger charge is -2.27. The maximum atomic E-state index is 6.38. The van der Waals surface area contributed by atoms with Crippen LogP contribution in [0.2, 0.25) is 0 Å². The monoisotopic (exact) mass is 267 g/mol. The number of fused-ring (bicyclic) bond motifs is 1. The molecule has 0 amide bonds. The van der Waals surface area contributed by atoms with Crippen LogP contribution >= 0.6 is 0 Å². The molecule has 104 valence electrons. The Balaban J connectivity index is 1.74. The van der Waals surface area contributed by atoms with Gasteiger partial charge in [-0.05, 0) is 49.9 Å². The fourth-order valence-corrected chi connectivity index (χ4v) is 3.53. The van der Waals surface area contributed by atoms with Gasteiger partial charge in [-0.3, -0.25) is 9.88 Å². The normalized spacial score (nSPS) is 27.3. The Morgan fingerprint density at radius 1 is 1.15 bits per heavy atom. The average Bonchev–Trinajstić information content (AvgIpc) is 3.21. The fraction of sp³-hybridized carbons (Fsp3) is 0.471. The molecule has 3 heteroatoms. The number of rotatable bonds is 2. The van der Waals surface area contributed by atoms with Crippen molar-refractivity contribution in [2.75, 3.05) is 6.54 Å². The number of benzene rings is 1. The molecule has 2 fully saturated rings. The molecular formula is C17H21N3. The van der Waals surface area contributed by atoms with E-state index in [4.69, 9.17) is 5.73 Å². The second-order valence-corrected chi connectivity index (χ2v) is 6.27. The molecule has 1 aromatic carbocycles. The summed E-state index contributed by atoms with van der Waals surface area (Å²) in [6.07, 6.45) is 3.81. The average molecular weight is 267 g/mol. The predicted molar refractivity (Wildman–Crippen MR) is 81.5 cm³/mol. The number of pyridine rings is 1. The molecule has 0 radical (unpaired) electrons. The van der Waals surface area contributed by atoms with E-state index in [1.54, 1.807) is 0 Å². The van der Waals surface area contributed by atoms with Crippen LogP contribution in [0.25, 0.3) is 10.9 Å². The minimum Gasteiger partial charge on any atom is -0.326 e.